The van der Waals surface area contributed by atoms with Gasteiger partial charge in [-0.3, -0.25) is 4.79 Å². The normalized spacial score (nSPS) is 10.8. The third-order valence-electron chi connectivity index (χ3n) is 2.75. The Hall–Kier alpha value is -1.88. The molecule has 0 aliphatic carbocycles. The number of imidazole rings is 1. The average molecular weight is 247 g/mol. The number of nitrogens with one attached hydrogen (secondary N) is 1. The largest absolute Gasteiger partial charge is 0.388 e. The summed E-state index contributed by atoms with van der Waals surface area (Å²) in [5.74, 6) is 0.456. The first-order chi connectivity index (χ1) is 8.76. The van der Waals surface area contributed by atoms with E-state index in [0.29, 0.717) is 12.4 Å². The van der Waals surface area contributed by atoms with Gasteiger partial charge in [0.15, 0.2) is 0 Å². The molecular formula is C13H17N3O2. The standard InChI is InChI=1S/C13H17N3O2/c1-2-7-14-13(18)8-16-11-6-4-3-5-10(11)15-12(16)9-17/h3-6,17H,2,7-9H2,1H3,(H,14,18). The summed E-state index contributed by atoms with van der Waals surface area (Å²) in [4.78, 5) is 16.0. The minimum atomic E-state index is -0.171. The first kappa shape index (κ1) is 12.6. The first-order valence-electron chi connectivity index (χ1n) is 6.08. The molecule has 0 spiro atoms. The topological polar surface area (TPSA) is 67.2 Å². The molecule has 96 valence electrons. The molecule has 5 heteroatoms. The maximum absolute atomic E-state index is 11.7. The van der Waals surface area contributed by atoms with E-state index in [1.165, 1.54) is 0 Å². The van der Waals surface area contributed by atoms with Crippen LogP contribution in [0.3, 0.4) is 0 Å². The number of aromatic nitrogens is 2. The van der Waals surface area contributed by atoms with Gasteiger partial charge in [0, 0.05) is 6.54 Å². The van der Waals surface area contributed by atoms with Crippen molar-refractivity contribution in [3.63, 3.8) is 0 Å². The Bertz CT molecular complexity index is 548. The van der Waals surface area contributed by atoms with Gasteiger partial charge in [0.05, 0.1) is 11.0 Å². The summed E-state index contributed by atoms with van der Waals surface area (Å²) in [6.07, 6.45) is 0.906. The van der Waals surface area contributed by atoms with Crippen molar-refractivity contribution in [3.8, 4) is 0 Å². The molecule has 1 heterocycles. The Morgan fingerprint density at radius 2 is 2.22 bits per heavy atom. The minimum Gasteiger partial charge on any atom is -0.388 e. The quantitative estimate of drug-likeness (QED) is 0.830. The number of hydrogen-bond acceptors (Lipinski definition) is 3. The number of hydrogen-bond donors (Lipinski definition) is 2. The molecule has 5 nitrogen and oxygen atoms in total. The van der Waals surface area contributed by atoms with Crippen LogP contribution in [0, 0.1) is 0 Å². The molecule has 0 radical (unpaired) electrons. The van der Waals surface area contributed by atoms with Crippen molar-refractivity contribution in [1.29, 1.82) is 0 Å². The second-order valence-corrected chi connectivity index (χ2v) is 4.11. The third kappa shape index (κ3) is 2.51. The highest BCUT2D eigenvalue weighted by atomic mass is 16.3. The molecule has 0 saturated carbocycles. The minimum absolute atomic E-state index is 0.0605. The number of nitrogens with zero attached hydrogens (tertiary/aromatic N) is 2. The Labute approximate surface area is 105 Å². The van der Waals surface area contributed by atoms with Crippen LogP contribution < -0.4 is 5.32 Å². The molecule has 0 atom stereocenters. The molecule has 18 heavy (non-hydrogen) atoms. The molecule has 0 saturated heterocycles. The molecule has 0 aliphatic heterocycles. The van der Waals surface area contributed by atoms with Gasteiger partial charge < -0.3 is 15.0 Å². The molecule has 2 rings (SSSR count). The van der Waals surface area contributed by atoms with Crippen LogP contribution in [0.4, 0.5) is 0 Å². The van der Waals surface area contributed by atoms with E-state index in [0.717, 1.165) is 17.5 Å². The molecule has 0 fully saturated rings. The second kappa shape index (κ2) is 5.64. The van der Waals surface area contributed by atoms with Gasteiger partial charge >= 0.3 is 0 Å². The lowest BCUT2D eigenvalue weighted by molar-refractivity contribution is -0.121. The summed E-state index contributed by atoms with van der Waals surface area (Å²) >= 11 is 0. The molecule has 2 aromatic rings. The molecule has 1 aromatic heterocycles. The number of benzene rings is 1. The number of aliphatic hydroxyl groups excluding tert-OH is 1. The van der Waals surface area contributed by atoms with Crippen molar-refractivity contribution < 1.29 is 9.90 Å². The van der Waals surface area contributed by atoms with Crippen LogP contribution in [0.2, 0.25) is 0 Å². The van der Waals surface area contributed by atoms with Crippen molar-refractivity contribution in [2.75, 3.05) is 6.54 Å². The van der Waals surface area contributed by atoms with Gasteiger partial charge in [-0.25, -0.2) is 4.98 Å². The highest BCUT2D eigenvalue weighted by Gasteiger charge is 2.12. The predicted molar refractivity (Wildman–Crippen MR) is 69.0 cm³/mol. The highest BCUT2D eigenvalue weighted by Crippen LogP contribution is 2.15. The van der Waals surface area contributed by atoms with Crippen LogP contribution in [0.1, 0.15) is 19.2 Å². The Balaban J connectivity index is 2.28. The van der Waals surface area contributed by atoms with Gasteiger partial charge in [0.25, 0.3) is 0 Å². The van der Waals surface area contributed by atoms with E-state index in [1.807, 2.05) is 31.2 Å². The molecular weight excluding hydrogens is 230 g/mol. The van der Waals surface area contributed by atoms with Crippen LogP contribution in [-0.2, 0) is 17.9 Å². The van der Waals surface area contributed by atoms with E-state index in [4.69, 9.17) is 0 Å². The Kier molecular flexibility index (Phi) is 3.94. The monoisotopic (exact) mass is 247 g/mol. The lowest BCUT2D eigenvalue weighted by Gasteiger charge is -2.08. The van der Waals surface area contributed by atoms with Crippen molar-refractivity contribution in [2.24, 2.45) is 0 Å². The lowest BCUT2D eigenvalue weighted by Crippen LogP contribution is -2.28. The first-order valence-corrected chi connectivity index (χ1v) is 6.08. The van der Waals surface area contributed by atoms with Crippen LogP contribution in [0.5, 0.6) is 0 Å². The maximum atomic E-state index is 11.7. The summed E-state index contributed by atoms with van der Waals surface area (Å²) in [5.41, 5.74) is 1.66. The average Bonchev–Trinajstić information content (AvgIpc) is 2.75. The van der Waals surface area contributed by atoms with E-state index in [-0.39, 0.29) is 19.1 Å². The SMILES string of the molecule is CCCNC(=O)Cn1c(CO)nc2ccccc21. The number of rotatable bonds is 5. The van der Waals surface area contributed by atoms with Crippen molar-refractivity contribution in [2.45, 2.75) is 26.5 Å². The summed E-state index contributed by atoms with van der Waals surface area (Å²) in [6.45, 7) is 2.69. The summed E-state index contributed by atoms with van der Waals surface area (Å²) in [6, 6.07) is 7.55. The van der Waals surface area contributed by atoms with E-state index in [9.17, 15) is 9.90 Å². The Morgan fingerprint density at radius 1 is 1.44 bits per heavy atom. The van der Waals surface area contributed by atoms with E-state index in [1.54, 1.807) is 4.57 Å². The van der Waals surface area contributed by atoms with Gasteiger partial charge in [-0.1, -0.05) is 19.1 Å². The summed E-state index contributed by atoms with van der Waals surface area (Å²) < 4.78 is 1.75. The molecule has 1 aromatic carbocycles. The number of carbonyl (C=O) groups is 1. The fourth-order valence-electron chi connectivity index (χ4n) is 1.89. The smallest absolute Gasteiger partial charge is 0.240 e. The maximum Gasteiger partial charge on any atom is 0.240 e. The number of para-hydroxylation sites is 2. The van der Waals surface area contributed by atoms with Crippen LogP contribution in [-0.4, -0.2) is 27.1 Å². The van der Waals surface area contributed by atoms with Gasteiger partial charge in [-0.05, 0) is 18.6 Å². The zero-order valence-electron chi connectivity index (χ0n) is 10.4. The molecule has 2 N–H and O–H groups in total. The molecule has 0 bridgehead atoms. The fourth-order valence-corrected chi connectivity index (χ4v) is 1.89. The Morgan fingerprint density at radius 3 is 2.94 bits per heavy atom. The summed E-state index contributed by atoms with van der Waals surface area (Å²) in [5, 5.41) is 12.1. The van der Waals surface area contributed by atoms with Gasteiger partial charge in [-0.15, -0.1) is 0 Å². The fraction of sp³-hybridized carbons (Fsp3) is 0.385. The van der Waals surface area contributed by atoms with Crippen molar-refractivity contribution >= 4 is 16.9 Å². The van der Waals surface area contributed by atoms with Crippen LogP contribution in [0.15, 0.2) is 24.3 Å². The van der Waals surface area contributed by atoms with Gasteiger partial charge in [0.2, 0.25) is 5.91 Å². The third-order valence-corrected chi connectivity index (χ3v) is 2.75. The molecule has 0 aliphatic rings. The highest BCUT2D eigenvalue weighted by molar-refractivity contribution is 5.81. The number of amides is 1. The number of fused-ring (bicyclic) bond motifs is 1. The van der Waals surface area contributed by atoms with Crippen molar-refractivity contribution in [3.05, 3.63) is 30.1 Å². The van der Waals surface area contributed by atoms with E-state index >= 15 is 0 Å². The zero-order valence-corrected chi connectivity index (χ0v) is 10.4. The molecule has 0 unspecified atom stereocenters. The van der Waals surface area contributed by atoms with E-state index < -0.39 is 0 Å². The predicted octanol–water partition coefficient (Wildman–Crippen LogP) is 1.05. The lowest BCUT2D eigenvalue weighted by atomic mass is 10.3. The number of aliphatic hydroxyl groups is 1. The van der Waals surface area contributed by atoms with E-state index in [2.05, 4.69) is 10.3 Å². The zero-order chi connectivity index (χ0) is 13.0. The summed E-state index contributed by atoms with van der Waals surface area (Å²) in [7, 11) is 0. The van der Waals surface area contributed by atoms with Gasteiger partial charge in [-0.2, -0.15) is 0 Å². The van der Waals surface area contributed by atoms with Crippen LogP contribution in [0.25, 0.3) is 11.0 Å². The molecule has 1 amide bonds. The van der Waals surface area contributed by atoms with Crippen molar-refractivity contribution in [1.82, 2.24) is 14.9 Å². The van der Waals surface area contributed by atoms with Crippen LogP contribution >= 0.6 is 0 Å². The second-order valence-electron chi connectivity index (χ2n) is 4.11. The number of carbonyl (C=O) groups excluding carboxylic acids is 1. The van der Waals surface area contributed by atoms with Gasteiger partial charge in [0.1, 0.15) is 19.0 Å².